The number of rotatable bonds is 5. The van der Waals surface area contributed by atoms with Crippen LogP contribution in [0.1, 0.15) is 12.8 Å². The van der Waals surface area contributed by atoms with E-state index < -0.39 is 10.1 Å². The summed E-state index contributed by atoms with van der Waals surface area (Å²) in [4.78, 5) is 2.31. The molecule has 92 valence electrons. The Bertz CT molecular complexity index is 253. The van der Waals surface area contributed by atoms with Crippen molar-refractivity contribution in [2.24, 2.45) is 0 Å². The van der Waals surface area contributed by atoms with Crippen LogP contribution >= 0.6 is 12.4 Å². The van der Waals surface area contributed by atoms with Crippen molar-refractivity contribution in [1.82, 2.24) is 10.2 Å². The highest BCUT2D eigenvalue weighted by Crippen LogP contribution is 1.99. The highest BCUT2D eigenvalue weighted by Gasteiger charge is 2.09. The van der Waals surface area contributed by atoms with Crippen LogP contribution in [0.3, 0.4) is 0 Å². The number of piperazine rings is 1. The number of nitrogens with one attached hydrogen (secondary N) is 1. The molecule has 2 N–H and O–H groups in total. The lowest BCUT2D eigenvalue weighted by Crippen LogP contribution is -2.43. The molecule has 1 fully saturated rings. The third kappa shape index (κ3) is 7.98. The second-order valence-corrected chi connectivity index (χ2v) is 5.16. The highest BCUT2D eigenvalue weighted by atomic mass is 35.5. The Labute approximate surface area is 97.4 Å². The molecule has 0 atom stereocenters. The maximum absolute atomic E-state index is 10.4. The molecule has 0 amide bonds. The van der Waals surface area contributed by atoms with Crippen molar-refractivity contribution >= 4 is 22.5 Å². The second-order valence-electron chi connectivity index (χ2n) is 3.58. The van der Waals surface area contributed by atoms with Crippen molar-refractivity contribution in [3.63, 3.8) is 0 Å². The van der Waals surface area contributed by atoms with E-state index in [9.17, 15) is 8.42 Å². The van der Waals surface area contributed by atoms with E-state index in [0.717, 1.165) is 39.1 Å². The summed E-state index contributed by atoms with van der Waals surface area (Å²) in [6.07, 6.45) is 1.38. The lowest BCUT2D eigenvalue weighted by molar-refractivity contribution is 0.238. The molecule has 1 heterocycles. The molecule has 1 saturated heterocycles. The van der Waals surface area contributed by atoms with Crippen LogP contribution in [0.5, 0.6) is 0 Å². The highest BCUT2D eigenvalue weighted by molar-refractivity contribution is 7.85. The van der Waals surface area contributed by atoms with Crippen LogP contribution in [0, 0.1) is 0 Å². The number of nitrogens with zero attached hydrogens (tertiary/aromatic N) is 1. The zero-order valence-corrected chi connectivity index (χ0v) is 10.3. The van der Waals surface area contributed by atoms with Gasteiger partial charge in [0.2, 0.25) is 0 Å². The van der Waals surface area contributed by atoms with Crippen LogP contribution < -0.4 is 5.32 Å². The first kappa shape index (κ1) is 15.1. The van der Waals surface area contributed by atoms with E-state index in [1.54, 1.807) is 0 Å². The summed E-state index contributed by atoms with van der Waals surface area (Å²) in [5.74, 6) is -0.112. The minimum absolute atomic E-state index is 0. The van der Waals surface area contributed by atoms with Crippen molar-refractivity contribution in [1.29, 1.82) is 0 Å². The van der Waals surface area contributed by atoms with Gasteiger partial charge in [-0.3, -0.25) is 4.55 Å². The smallest absolute Gasteiger partial charge is 0.264 e. The molecule has 15 heavy (non-hydrogen) atoms. The largest absolute Gasteiger partial charge is 0.314 e. The van der Waals surface area contributed by atoms with E-state index >= 15 is 0 Å². The van der Waals surface area contributed by atoms with Crippen LogP contribution in [0.4, 0.5) is 0 Å². The Balaban J connectivity index is 0.00000196. The van der Waals surface area contributed by atoms with Gasteiger partial charge in [0.05, 0.1) is 5.75 Å². The van der Waals surface area contributed by atoms with E-state index in [0.29, 0.717) is 6.42 Å². The summed E-state index contributed by atoms with van der Waals surface area (Å²) in [6, 6.07) is 0. The van der Waals surface area contributed by atoms with Crippen LogP contribution in [-0.2, 0) is 10.1 Å². The molecule has 0 unspecified atom stereocenters. The fourth-order valence-corrected chi connectivity index (χ4v) is 2.12. The second kappa shape index (κ2) is 7.40. The summed E-state index contributed by atoms with van der Waals surface area (Å²) in [6.45, 7) is 5.02. The average Bonchev–Trinajstić information content (AvgIpc) is 2.13. The molecule has 0 saturated carbocycles. The van der Waals surface area contributed by atoms with Crippen molar-refractivity contribution < 1.29 is 13.0 Å². The van der Waals surface area contributed by atoms with E-state index in [1.807, 2.05) is 0 Å². The predicted octanol–water partition coefficient (Wildman–Crippen LogP) is -0.0186. The van der Waals surface area contributed by atoms with Crippen molar-refractivity contribution in [3.8, 4) is 0 Å². The summed E-state index contributed by atoms with van der Waals surface area (Å²) < 4.78 is 29.3. The number of unbranched alkanes of at least 4 members (excludes halogenated alkanes) is 1. The SMILES string of the molecule is Cl.O=S(=O)(O)CCCCN1CCNCC1. The first-order chi connectivity index (χ1) is 6.58. The van der Waals surface area contributed by atoms with Crippen LogP contribution in [0.25, 0.3) is 0 Å². The molecule has 0 spiro atoms. The van der Waals surface area contributed by atoms with Crippen LogP contribution in [-0.4, -0.2) is 56.3 Å². The molecular weight excluding hydrogens is 240 g/mol. The molecule has 0 aromatic carbocycles. The van der Waals surface area contributed by atoms with Crippen LogP contribution in [0.15, 0.2) is 0 Å². The Kier molecular flexibility index (Phi) is 7.46. The Morgan fingerprint density at radius 1 is 1.20 bits per heavy atom. The third-order valence-corrected chi connectivity index (χ3v) is 3.14. The molecule has 1 aliphatic rings. The van der Waals surface area contributed by atoms with Gasteiger partial charge in [-0.15, -0.1) is 12.4 Å². The summed E-state index contributed by atoms with van der Waals surface area (Å²) in [7, 11) is -3.76. The topological polar surface area (TPSA) is 69.6 Å². The first-order valence-corrected chi connectivity index (χ1v) is 6.57. The molecule has 5 nitrogen and oxygen atoms in total. The first-order valence-electron chi connectivity index (χ1n) is 4.96. The minimum Gasteiger partial charge on any atom is -0.314 e. The van der Waals surface area contributed by atoms with E-state index in [2.05, 4.69) is 10.2 Å². The molecule has 0 radical (unpaired) electrons. The van der Waals surface area contributed by atoms with E-state index in [-0.39, 0.29) is 18.2 Å². The molecule has 0 aromatic heterocycles. The lowest BCUT2D eigenvalue weighted by atomic mass is 10.3. The van der Waals surface area contributed by atoms with Gasteiger partial charge in [-0.2, -0.15) is 8.42 Å². The molecular formula is C8H19ClN2O3S. The van der Waals surface area contributed by atoms with Gasteiger partial charge >= 0.3 is 0 Å². The van der Waals surface area contributed by atoms with Crippen LogP contribution in [0.2, 0.25) is 0 Å². The molecule has 1 aliphatic heterocycles. The fourth-order valence-electron chi connectivity index (χ4n) is 1.55. The van der Waals surface area contributed by atoms with Gasteiger partial charge in [0.1, 0.15) is 0 Å². The van der Waals surface area contributed by atoms with Crippen molar-refractivity contribution in [3.05, 3.63) is 0 Å². The zero-order chi connectivity index (χ0) is 10.4. The van der Waals surface area contributed by atoms with Gasteiger partial charge in [0.15, 0.2) is 0 Å². The monoisotopic (exact) mass is 258 g/mol. The number of hydrogen-bond acceptors (Lipinski definition) is 4. The third-order valence-electron chi connectivity index (χ3n) is 2.34. The molecule has 1 rings (SSSR count). The number of hydrogen-bond donors (Lipinski definition) is 2. The normalized spacial score (nSPS) is 18.5. The Morgan fingerprint density at radius 2 is 1.80 bits per heavy atom. The lowest BCUT2D eigenvalue weighted by Gasteiger charge is -2.26. The zero-order valence-electron chi connectivity index (χ0n) is 8.68. The van der Waals surface area contributed by atoms with Gasteiger partial charge < -0.3 is 10.2 Å². The van der Waals surface area contributed by atoms with Gasteiger partial charge in [-0.25, -0.2) is 0 Å². The summed E-state index contributed by atoms with van der Waals surface area (Å²) in [5, 5.41) is 3.25. The molecule has 0 aliphatic carbocycles. The standard InChI is InChI=1S/C8H18N2O3S.ClH/c11-14(12,13)8-2-1-5-10-6-3-9-4-7-10;/h9H,1-8H2,(H,11,12,13);1H. The molecule has 0 bridgehead atoms. The van der Waals surface area contributed by atoms with Gasteiger partial charge in [0.25, 0.3) is 10.1 Å². The van der Waals surface area contributed by atoms with E-state index in [1.165, 1.54) is 0 Å². The summed E-state index contributed by atoms with van der Waals surface area (Å²) >= 11 is 0. The fraction of sp³-hybridized carbons (Fsp3) is 1.00. The van der Waals surface area contributed by atoms with Crippen molar-refractivity contribution in [2.75, 3.05) is 38.5 Å². The van der Waals surface area contributed by atoms with Gasteiger partial charge in [-0.1, -0.05) is 0 Å². The minimum atomic E-state index is -3.76. The van der Waals surface area contributed by atoms with Gasteiger partial charge in [0, 0.05) is 26.2 Å². The summed E-state index contributed by atoms with van der Waals surface area (Å²) in [5.41, 5.74) is 0. The quantitative estimate of drug-likeness (QED) is 0.536. The predicted molar refractivity (Wildman–Crippen MR) is 62.2 cm³/mol. The molecule has 0 aromatic rings. The maximum atomic E-state index is 10.4. The van der Waals surface area contributed by atoms with Gasteiger partial charge in [-0.05, 0) is 19.4 Å². The average molecular weight is 259 g/mol. The van der Waals surface area contributed by atoms with E-state index in [4.69, 9.17) is 4.55 Å². The Morgan fingerprint density at radius 3 is 2.33 bits per heavy atom. The number of halogens is 1. The van der Waals surface area contributed by atoms with Crippen molar-refractivity contribution in [2.45, 2.75) is 12.8 Å². The Hall–Kier alpha value is 0.120. The maximum Gasteiger partial charge on any atom is 0.264 e. The molecule has 7 heteroatoms.